The number of hydrogen-bond donors (Lipinski definition) is 3. The van der Waals surface area contributed by atoms with E-state index < -0.39 is 5.54 Å². The minimum absolute atomic E-state index is 0.00394. The first kappa shape index (κ1) is 21.1. The molecule has 29 heavy (non-hydrogen) atoms. The van der Waals surface area contributed by atoms with Crippen molar-refractivity contribution in [2.75, 3.05) is 25.0 Å². The van der Waals surface area contributed by atoms with E-state index in [4.69, 9.17) is 5.41 Å². The molecule has 1 unspecified atom stereocenters. The van der Waals surface area contributed by atoms with Crippen LogP contribution in [0.25, 0.3) is 0 Å². The first-order valence-electron chi connectivity index (χ1n) is 10.5. The molecule has 1 atom stereocenters. The average molecular weight is 400 g/mol. The number of carbonyl (C=O) groups excluding carboxylic acids is 2. The summed E-state index contributed by atoms with van der Waals surface area (Å²) in [6, 6.07) is 7.69. The van der Waals surface area contributed by atoms with Crippen molar-refractivity contribution >= 4 is 23.6 Å². The zero-order chi connectivity index (χ0) is 21.2. The number of likely N-dealkylation sites (tertiary alicyclic amines) is 1. The largest absolute Gasteiger partial charge is 0.342 e. The molecule has 3 N–H and O–H groups in total. The maximum atomic E-state index is 12.9. The maximum Gasteiger partial charge on any atom is 0.321 e. The number of carbonyl (C=O) groups is 2. The van der Waals surface area contributed by atoms with Gasteiger partial charge in [0.25, 0.3) is 5.91 Å². The number of rotatable bonds is 5. The molecule has 0 aromatic heterocycles. The predicted molar refractivity (Wildman–Crippen MR) is 115 cm³/mol. The number of guanidine groups is 1. The summed E-state index contributed by atoms with van der Waals surface area (Å²) in [5, 5.41) is 14.3. The van der Waals surface area contributed by atoms with Gasteiger partial charge in [-0.2, -0.15) is 0 Å². The Bertz CT molecular complexity index is 768. The molecule has 158 valence electrons. The first-order valence-corrected chi connectivity index (χ1v) is 10.5. The molecule has 0 spiro atoms. The number of hydrogen-bond acceptors (Lipinski definition) is 3. The molecule has 7 nitrogen and oxygen atoms in total. The van der Waals surface area contributed by atoms with Crippen LogP contribution in [-0.4, -0.2) is 52.9 Å². The molecule has 0 bridgehead atoms. The lowest BCUT2D eigenvalue weighted by Gasteiger charge is -2.33. The highest BCUT2D eigenvalue weighted by Gasteiger charge is 2.46. The van der Waals surface area contributed by atoms with Crippen LogP contribution in [0.3, 0.4) is 0 Å². The van der Waals surface area contributed by atoms with Gasteiger partial charge >= 0.3 is 6.03 Å². The summed E-state index contributed by atoms with van der Waals surface area (Å²) < 4.78 is 0. The SMILES string of the molecule is Cc1ccc(NC(=O)N2CCC(CN3C(=N)NC(C)(CC(C)C)C3=O)CC2)cc1. The molecule has 0 saturated carbocycles. The topological polar surface area (TPSA) is 88.5 Å². The molecular formula is C22H33N5O2. The van der Waals surface area contributed by atoms with Crippen LogP contribution in [0.2, 0.25) is 0 Å². The van der Waals surface area contributed by atoms with Gasteiger partial charge in [0.15, 0.2) is 5.96 Å². The van der Waals surface area contributed by atoms with Crippen molar-refractivity contribution in [2.45, 2.75) is 52.5 Å². The molecular weight excluding hydrogens is 366 g/mol. The van der Waals surface area contributed by atoms with Gasteiger partial charge in [0.2, 0.25) is 0 Å². The molecule has 2 heterocycles. The molecule has 3 amide bonds. The summed E-state index contributed by atoms with van der Waals surface area (Å²) in [6.07, 6.45) is 2.38. The van der Waals surface area contributed by atoms with Gasteiger partial charge in [-0.25, -0.2) is 4.79 Å². The Balaban J connectivity index is 1.50. The Hall–Kier alpha value is -2.57. The molecule has 2 aliphatic rings. The molecule has 3 rings (SSSR count). The smallest absolute Gasteiger partial charge is 0.321 e. The van der Waals surface area contributed by atoms with Crippen molar-refractivity contribution in [3.8, 4) is 0 Å². The van der Waals surface area contributed by atoms with E-state index in [0.29, 0.717) is 37.9 Å². The lowest BCUT2D eigenvalue weighted by Crippen LogP contribution is -2.46. The summed E-state index contributed by atoms with van der Waals surface area (Å²) >= 11 is 0. The van der Waals surface area contributed by atoms with Gasteiger partial charge in [-0.1, -0.05) is 31.5 Å². The standard InChI is InChI=1S/C22H33N5O2/c1-15(2)13-22(4)19(28)27(20(23)25-22)14-17-9-11-26(12-10-17)21(29)24-18-7-5-16(3)6-8-18/h5-8,15,17H,9-14H2,1-4H3,(H2,23,25)(H,24,29). The third-order valence-corrected chi connectivity index (χ3v) is 5.84. The van der Waals surface area contributed by atoms with Crippen LogP contribution in [-0.2, 0) is 4.79 Å². The van der Waals surface area contributed by atoms with Crippen LogP contribution in [0, 0.1) is 24.2 Å². The number of piperidine rings is 1. The van der Waals surface area contributed by atoms with Crippen molar-refractivity contribution in [1.82, 2.24) is 15.1 Å². The van der Waals surface area contributed by atoms with Gasteiger partial charge in [-0.15, -0.1) is 0 Å². The molecule has 2 saturated heterocycles. The minimum atomic E-state index is -0.681. The van der Waals surface area contributed by atoms with E-state index in [0.717, 1.165) is 24.1 Å². The van der Waals surface area contributed by atoms with Crippen LogP contribution in [0.5, 0.6) is 0 Å². The van der Waals surface area contributed by atoms with Crippen LogP contribution >= 0.6 is 0 Å². The molecule has 7 heteroatoms. The Labute approximate surface area is 173 Å². The molecule has 2 aliphatic heterocycles. The molecule has 0 radical (unpaired) electrons. The van der Waals surface area contributed by atoms with Crippen molar-refractivity contribution in [2.24, 2.45) is 11.8 Å². The third-order valence-electron chi connectivity index (χ3n) is 5.84. The number of amides is 3. The predicted octanol–water partition coefficient (Wildman–Crippen LogP) is 3.41. The van der Waals surface area contributed by atoms with Crippen LogP contribution in [0.1, 0.15) is 45.6 Å². The normalized spacial score (nSPS) is 22.9. The second-order valence-electron chi connectivity index (χ2n) is 9.05. The monoisotopic (exact) mass is 399 g/mol. The highest BCUT2D eigenvalue weighted by atomic mass is 16.2. The van der Waals surface area contributed by atoms with E-state index in [9.17, 15) is 9.59 Å². The van der Waals surface area contributed by atoms with E-state index in [-0.39, 0.29) is 17.9 Å². The first-order chi connectivity index (χ1) is 13.7. The molecule has 2 fully saturated rings. The molecule has 0 aliphatic carbocycles. The highest BCUT2D eigenvalue weighted by molar-refractivity contribution is 6.07. The van der Waals surface area contributed by atoms with E-state index >= 15 is 0 Å². The second kappa shape index (κ2) is 8.43. The van der Waals surface area contributed by atoms with Crippen molar-refractivity contribution in [1.29, 1.82) is 5.41 Å². The van der Waals surface area contributed by atoms with Gasteiger partial charge in [0.05, 0.1) is 0 Å². The fourth-order valence-electron chi connectivity index (χ4n) is 4.33. The van der Waals surface area contributed by atoms with E-state index in [1.807, 2.05) is 43.0 Å². The average Bonchev–Trinajstić information content (AvgIpc) is 2.86. The Morgan fingerprint density at radius 3 is 2.48 bits per heavy atom. The van der Waals surface area contributed by atoms with Gasteiger partial charge in [0.1, 0.15) is 5.54 Å². The zero-order valence-electron chi connectivity index (χ0n) is 17.9. The van der Waals surface area contributed by atoms with Gasteiger partial charge in [-0.3, -0.25) is 15.1 Å². The summed E-state index contributed by atoms with van der Waals surface area (Å²) in [7, 11) is 0. The summed E-state index contributed by atoms with van der Waals surface area (Å²) in [5.74, 6) is 0.874. The molecule has 1 aromatic carbocycles. The Morgan fingerprint density at radius 2 is 1.90 bits per heavy atom. The van der Waals surface area contributed by atoms with Crippen LogP contribution < -0.4 is 10.6 Å². The lowest BCUT2D eigenvalue weighted by atomic mass is 9.90. The number of anilines is 1. The van der Waals surface area contributed by atoms with Crippen LogP contribution in [0.4, 0.5) is 10.5 Å². The molecule has 1 aromatic rings. The summed E-state index contributed by atoms with van der Waals surface area (Å²) in [4.78, 5) is 28.8. The second-order valence-corrected chi connectivity index (χ2v) is 9.05. The Morgan fingerprint density at radius 1 is 1.28 bits per heavy atom. The summed E-state index contributed by atoms with van der Waals surface area (Å²) in [5.41, 5.74) is 1.28. The number of benzene rings is 1. The van der Waals surface area contributed by atoms with Gasteiger partial charge in [0, 0.05) is 25.3 Å². The lowest BCUT2D eigenvalue weighted by molar-refractivity contribution is -0.131. The highest BCUT2D eigenvalue weighted by Crippen LogP contribution is 2.27. The van der Waals surface area contributed by atoms with E-state index in [1.54, 1.807) is 4.90 Å². The van der Waals surface area contributed by atoms with Crippen molar-refractivity contribution in [3.63, 3.8) is 0 Å². The fourth-order valence-corrected chi connectivity index (χ4v) is 4.33. The van der Waals surface area contributed by atoms with Gasteiger partial charge < -0.3 is 15.5 Å². The number of urea groups is 1. The van der Waals surface area contributed by atoms with Crippen molar-refractivity contribution in [3.05, 3.63) is 29.8 Å². The Kier molecular flexibility index (Phi) is 6.15. The zero-order valence-corrected chi connectivity index (χ0v) is 17.9. The third kappa shape index (κ3) is 4.89. The van der Waals surface area contributed by atoms with Crippen LogP contribution in [0.15, 0.2) is 24.3 Å². The van der Waals surface area contributed by atoms with E-state index in [1.165, 1.54) is 0 Å². The number of nitrogens with one attached hydrogen (secondary N) is 3. The number of aryl methyl sites for hydroxylation is 1. The number of nitrogens with zero attached hydrogens (tertiary/aromatic N) is 2. The van der Waals surface area contributed by atoms with Gasteiger partial charge in [-0.05, 0) is 57.1 Å². The maximum absolute atomic E-state index is 12.9. The fraction of sp³-hybridized carbons (Fsp3) is 0.591. The van der Waals surface area contributed by atoms with Crippen molar-refractivity contribution < 1.29 is 9.59 Å². The van der Waals surface area contributed by atoms with E-state index in [2.05, 4.69) is 24.5 Å². The quantitative estimate of drug-likeness (QED) is 0.709. The summed E-state index contributed by atoms with van der Waals surface area (Å²) in [6.45, 7) is 9.95. The minimum Gasteiger partial charge on any atom is -0.342 e.